The van der Waals surface area contributed by atoms with Crippen molar-refractivity contribution >= 4 is 11.9 Å². The van der Waals surface area contributed by atoms with Gasteiger partial charge in [0, 0.05) is 13.5 Å². The van der Waals surface area contributed by atoms with Crippen molar-refractivity contribution in [2.45, 2.75) is 27.2 Å². The first kappa shape index (κ1) is 15.4. The van der Waals surface area contributed by atoms with Crippen molar-refractivity contribution in [3.05, 3.63) is 0 Å². The fraction of sp³-hybridized carbons (Fsp3) is 0.778. The molecule has 0 aromatic carbocycles. The summed E-state index contributed by atoms with van der Waals surface area (Å²) in [5.74, 6) is -1.02. The minimum atomic E-state index is -0.833. The molecule has 0 aromatic heterocycles. The SMILES string of the molecule is CC(=O)O.CCOCCC(=O)OCC. The van der Waals surface area contributed by atoms with E-state index in [-0.39, 0.29) is 5.97 Å². The van der Waals surface area contributed by atoms with Crippen LogP contribution in [0.2, 0.25) is 0 Å². The van der Waals surface area contributed by atoms with Gasteiger partial charge in [0.1, 0.15) is 0 Å². The van der Waals surface area contributed by atoms with E-state index >= 15 is 0 Å². The van der Waals surface area contributed by atoms with E-state index in [1.807, 2.05) is 6.92 Å². The molecule has 0 saturated heterocycles. The summed E-state index contributed by atoms with van der Waals surface area (Å²) in [6.07, 6.45) is 0.363. The topological polar surface area (TPSA) is 72.8 Å². The molecule has 0 aromatic rings. The third kappa shape index (κ3) is 22.4. The van der Waals surface area contributed by atoms with Gasteiger partial charge in [-0.3, -0.25) is 9.59 Å². The fourth-order valence-electron chi connectivity index (χ4n) is 0.533. The maximum atomic E-state index is 10.6. The van der Waals surface area contributed by atoms with Crippen LogP contribution in [-0.4, -0.2) is 36.9 Å². The number of rotatable bonds is 5. The third-order valence-corrected chi connectivity index (χ3v) is 0.960. The van der Waals surface area contributed by atoms with E-state index in [9.17, 15) is 4.79 Å². The van der Waals surface area contributed by atoms with Crippen LogP contribution in [0, 0.1) is 0 Å². The molecule has 0 heterocycles. The average molecular weight is 206 g/mol. The van der Waals surface area contributed by atoms with Crippen molar-refractivity contribution in [3.63, 3.8) is 0 Å². The molecular formula is C9H18O5. The molecule has 5 heteroatoms. The van der Waals surface area contributed by atoms with Crippen molar-refractivity contribution in [1.29, 1.82) is 0 Å². The predicted octanol–water partition coefficient (Wildman–Crippen LogP) is 1.07. The lowest BCUT2D eigenvalue weighted by molar-refractivity contribution is -0.144. The standard InChI is InChI=1S/C7H14O3.C2H4O2/c1-3-9-6-5-7(8)10-4-2;1-2(3)4/h3-6H2,1-2H3;1H3,(H,3,4). The van der Waals surface area contributed by atoms with Gasteiger partial charge < -0.3 is 14.6 Å². The zero-order chi connectivity index (χ0) is 11.4. The number of hydrogen-bond donors (Lipinski definition) is 1. The van der Waals surface area contributed by atoms with E-state index in [0.29, 0.717) is 26.2 Å². The minimum Gasteiger partial charge on any atom is -0.481 e. The highest BCUT2D eigenvalue weighted by Crippen LogP contribution is 1.86. The average Bonchev–Trinajstić information content (AvgIpc) is 2.04. The number of ether oxygens (including phenoxy) is 2. The van der Waals surface area contributed by atoms with Crippen LogP contribution >= 0.6 is 0 Å². The summed E-state index contributed by atoms with van der Waals surface area (Å²) in [5.41, 5.74) is 0. The Bertz CT molecular complexity index is 151. The van der Waals surface area contributed by atoms with Gasteiger partial charge in [-0.15, -0.1) is 0 Å². The summed E-state index contributed by atoms with van der Waals surface area (Å²) in [6, 6.07) is 0. The van der Waals surface area contributed by atoms with Crippen LogP contribution in [-0.2, 0) is 19.1 Å². The molecule has 0 fully saturated rings. The minimum absolute atomic E-state index is 0.184. The highest BCUT2D eigenvalue weighted by molar-refractivity contribution is 5.69. The summed E-state index contributed by atoms with van der Waals surface area (Å²) in [7, 11) is 0. The number of carboxylic acids is 1. The summed E-state index contributed by atoms with van der Waals surface area (Å²) >= 11 is 0. The zero-order valence-electron chi connectivity index (χ0n) is 8.91. The van der Waals surface area contributed by atoms with Crippen LogP contribution in [0.1, 0.15) is 27.2 Å². The second-order valence-electron chi connectivity index (χ2n) is 2.27. The van der Waals surface area contributed by atoms with E-state index in [2.05, 4.69) is 4.74 Å². The Morgan fingerprint density at radius 3 is 2.07 bits per heavy atom. The van der Waals surface area contributed by atoms with Crippen LogP contribution < -0.4 is 0 Å². The van der Waals surface area contributed by atoms with Crippen molar-refractivity contribution in [2.24, 2.45) is 0 Å². The molecule has 0 amide bonds. The Morgan fingerprint density at radius 2 is 1.71 bits per heavy atom. The molecule has 84 valence electrons. The third-order valence-electron chi connectivity index (χ3n) is 0.960. The maximum Gasteiger partial charge on any atom is 0.308 e. The van der Waals surface area contributed by atoms with Crippen LogP contribution in [0.4, 0.5) is 0 Å². The van der Waals surface area contributed by atoms with Gasteiger partial charge >= 0.3 is 5.97 Å². The van der Waals surface area contributed by atoms with Gasteiger partial charge in [0.15, 0.2) is 0 Å². The molecule has 0 aliphatic heterocycles. The molecule has 0 saturated carbocycles. The molecule has 0 rings (SSSR count). The smallest absolute Gasteiger partial charge is 0.308 e. The predicted molar refractivity (Wildman–Crippen MR) is 51.1 cm³/mol. The van der Waals surface area contributed by atoms with E-state index < -0.39 is 5.97 Å². The highest BCUT2D eigenvalue weighted by Gasteiger charge is 1.98. The number of hydrogen-bond acceptors (Lipinski definition) is 4. The largest absolute Gasteiger partial charge is 0.481 e. The number of carbonyl (C=O) groups is 2. The van der Waals surface area contributed by atoms with Gasteiger partial charge in [0.2, 0.25) is 0 Å². The van der Waals surface area contributed by atoms with Gasteiger partial charge in [0.25, 0.3) is 5.97 Å². The molecule has 0 aliphatic rings. The first-order valence-corrected chi connectivity index (χ1v) is 4.47. The molecule has 0 bridgehead atoms. The van der Waals surface area contributed by atoms with Crippen molar-refractivity contribution in [1.82, 2.24) is 0 Å². The first-order valence-electron chi connectivity index (χ1n) is 4.47. The van der Waals surface area contributed by atoms with Crippen molar-refractivity contribution in [2.75, 3.05) is 19.8 Å². The van der Waals surface area contributed by atoms with E-state index in [1.54, 1.807) is 6.92 Å². The van der Waals surface area contributed by atoms with E-state index in [4.69, 9.17) is 14.6 Å². The van der Waals surface area contributed by atoms with Crippen molar-refractivity contribution in [3.8, 4) is 0 Å². The molecule has 0 spiro atoms. The van der Waals surface area contributed by atoms with E-state index in [1.165, 1.54) is 0 Å². The van der Waals surface area contributed by atoms with Crippen molar-refractivity contribution < 1.29 is 24.2 Å². The Morgan fingerprint density at radius 1 is 1.21 bits per heavy atom. The van der Waals surface area contributed by atoms with Gasteiger partial charge in [-0.1, -0.05) is 0 Å². The molecule has 0 aliphatic carbocycles. The zero-order valence-corrected chi connectivity index (χ0v) is 8.91. The number of carbonyl (C=O) groups excluding carboxylic acids is 1. The summed E-state index contributed by atoms with van der Waals surface area (Å²) < 4.78 is 9.62. The Labute approximate surface area is 84.0 Å². The second kappa shape index (κ2) is 11.9. The lowest BCUT2D eigenvalue weighted by atomic mass is 10.5. The first-order chi connectivity index (χ1) is 6.54. The number of esters is 1. The Hall–Kier alpha value is -1.10. The number of aliphatic carboxylic acids is 1. The molecule has 0 atom stereocenters. The lowest BCUT2D eigenvalue weighted by Crippen LogP contribution is -2.07. The number of carboxylic acid groups (broad SMARTS) is 1. The van der Waals surface area contributed by atoms with Gasteiger partial charge in [-0.05, 0) is 13.8 Å². The monoisotopic (exact) mass is 206 g/mol. The Kier molecular flexibility index (Phi) is 13.1. The summed E-state index contributed by atoms with van der Waals surface area (Å²) in [6.45, 7) is 6.34. The van der Waals surface area contributed by atoms with Gasteiger partial charge in [-0.25, -0.2) is 0 Å². The molecular weight excluding hydrogens is 188 g/mol. The van der Waals surface area contributed by atoms with Crippen LogP contribution in [0.15, 0.2) is 0 Å². The van der Waals surface area contributed by atoms with Crippen LogP contribution in [0.5, 0.6) is 0 Å². The van der Waals surface area contributed by atoms with Gasteiger partial charge in [0.05, 0.1) is 19.6 Å². The molecule has 0 unspecified atom stereocenters. The fourth-order valence-corrected chi connectivity index (χ4v) is 0.533. The van der Waals surface area contributed by atoms with Crippen LogP contribution in [0.3, 0.4) is 0 Å². The quantitative estimate of drug-likeness (QED) is 0.538. The summed E-state index contributed by atoms with van der Waals surface area (Å²) in [5, 5.41) is 7.42. The normalized spacial score (nSPS) is 8.50. The summed E-state index contributed by atoms with van der Waals surface area (Å²) in [4.78, 5) is 19.6. The van der Waals surface area contributed by atoms with Crippen LogP contribution in [0.25, 0.3) is 0 Å². The lowest BCUT2D eigenvalue weighted by Gasteiger charge is -2.00. The maximum absolute atomic E-state index is 10.6. The Balaban J connectivity index is 0. The second-order valence-corrected chi connectivity index (χ2v) is 2.27. The highest BCUT2D eigenvalue weighted by atomic mass is 16.5. The van der Waals surface area contributed by atoms with Gasteiger partial charge in [-0.2, -0.15) is 0 Å². The molecule has 14 heavy (non-hydrogen) atoms. The molecule has 5 nitrogen and oxygen atoms in total. The molecule has 0 radical (unpaired) electrons. The van der Waals surface area contributed by atoms with E-state index in [0.717, 1.165) is 6.92 Å². The molecule has 1 N–H and O–H groups in total.